The maximum absolute atomic E-state index is 10.9. The molecule has 0 fully saturated rings. The second kappa shape index (κ2) is 6.50. The SMILES string of the molecule is CCc1ccc(Oc2ccc(C(=O)O)cc2Cl)c(OC)c1. The van der Waals surface area contributed by atoms with Crippen molar-refractivity contribution in [2.45, 2.75) is 13.3 Å². The molecule has 0 saturated heterocycles. The molecule has 2 aromatic rings. The Bertz CT molecular complexity index is 667. The van der Waals surface area contributed by atoms with Crippen molar-refractivity contribution in [2.75, 3.05) is 7.11 Å². The van der Waals surface area contributed by atoms with Gasteiger partial charge in [-0.3, -0.25) is 0 Å². The summed E-state index contributed by atoms with van der Waals surface area (Å²) < 4.78 is 11.0. The lowest BCUT2D eigenvalue weighted by atomic mass is 10.1. The lowest BCUT2D eigenvalue weighted by molar-refractivity contribution is 0.0697. The summed E-state index contributed by atoms with van der Waals surface area (Å²) in [7, 11) is 1.57. The molecule has 0 unspecified atom stereocenters. The van der Waals surface area contributed by atoms with Gasteiger partial charge in [-0.15, -0.1) is 0 Å². The number of hydrogen-bond acceptors (Lipinski definition) is 3. The molecule has 0 heterocycles. The van der Waals surface area contributed by atoms with Gasteiger partial charge in [0.25, 0.3) is 0 Å². The van der Waals surface area contributed by atoms with Crippen molar-refractivity contribution in [1.29, 1.82) is 0 Å². The largest absolute Gasteiger partial charge is 0.493 e. The Kier molecular flexibility index (Phi) is 4.70. The number of ether oxygens (including phenoxy) is 2. The van der Waals surface area contributed by atoms with E-state index >= 15 is 0 Å². The smallest absolute Gasteiger partial charge is 0.335 e. The predicted molar refractivity (Wildman–Crippen MR) is 80.9 cm³/mol. The van der Waals surface area contributed by atoms with Crippen LogP contribution in [0.25, 0.3) is 0 Å². The Morgan fingerprint density at radius 3 is 2.43 bits per heavy atom. The minimum Gasteiger partial charge on any atom is -0.493 e. The van der Waals surface area contributed by atoms with E-state index in [4.69, 9.17) is 26.2 Å². The molecule has 0 aliphatic rings. The van der Waals surface area contributed by atoms with Gasteiger partial charge in [0.15, 0.2) is 11.5 Å². The summed E-state index contributed by atoms with van der Waals surface area (Å²) in [6, 6.07) is 9.97. The first-order chi connectivity index (χ1) is 10.0. The van der Waals surface area contributed by atoms with E-state index in [-0.39, 0.29) is 10.6 Å². The van der Waals surface area contributed by atoms with Crippen LogP contribution in [0.2, 0.25) is 5.02 Å². The molecule has 1 N–H and O–H groups in total. The van der Waals surface area contributed by atoms with Crippen LogP contribution in [0.5, 0.6) is 17.2 Å². The zero-order valence-electron chi connectivity index (χ0n) is 11.7. The van der Waals surface area contributed by atoms with Gasteiger partial charge in [0.1, 0.15) is 5.75 Å². The lowest BCUT2D eigenvalue weighted by Crippen LogP contribution is -1.97. The van der Waals surface area contributed by atoms with Gasteiger partial charge in [-0.25, -0.2) is 4.79 Å². The van der Waals surface area contributed by atoms with E-state index in [0.29, 0.717) is 17.2 Å². The standard InChI is InChI=1S/C16H15ClO4/c1-3-10-4-6-14(15(8-10)20-2)21-13-7-5-11(16(18)19)9-12(13)17/h4-9H,3H2,1-2H3,(H,18,19). The van der Waals surface area contributed by atoms with E-state index < -0.39 is 5.97 Å². The fourth-order valence-electron chi connectivity index (χ4n) is 1.85. The van der Waals surface area contributed by atoms with Crippen LogP contribution in [0, 0.1) is 0 Å². The summed E-state index contributed by atoms with van der Waals surface area (Å²) in [4.78, 5) is 10.9. The van der Waals surface area contributed by atoms with Crippen LogP contribution >= 0.6 is 11.6 Å². The van der Waals surface area contributed by atoms with Crippen molar-refractivity contribution < 1.29 is 19.4 Å². The highest BCUT2D eigenvalue weighted by Crippen LogP contribution is 2.36. The molecule has 4 nitrogen and oxygen atoms in total. The van der Waals surface area contributed by atoms with Crippen LogP contribution in [0.4, 0.5) is 0 Å². The van der Waals surface area contributed by atoms with Crippen LogP contribution in [-0.4, -0.2) is 18.2 Å². The molecule has 0 spiro atoms. The summed E-state index contributed by atoms with van der Waals surface area (Å²) in [6.07, 6.45) is 0.894. The van der Waals surface area contributed by atoms with E-state index in [2.05, 4.69) is 6.92 Å². The molecular formula is C16H15ClO4. The summed E-state index contributed by atoms with van der Waals surface area (Å²) in [5, 5.41) is 9.14. The van der Waals surface area contributed by atoms with E-state index in [9.17, 15) is 4.79 Å². The van der Waals surface area contributed by atoms with Gasteiger partial charge in [0, 0.05) is 0 Å². The maximum Gasteiger partial charge on any atom is 0.335 e. The highest BCUT2D eigenvalue weighted by atomic mass is 35.5. The third kappa shape index (κ3) is 3.47. The molecule has 0 aromatic heterocycles. The second-order valence-electron chi connectivity index (χ2n) is 4.39. The van der Waals surface area contributed by atoms with Crippen LogP contribution < -0.4 is 9.47 Å². The summed E-state index contributed by atoms with van der Waals surface area (Å²) in [5.74, 6) is 0.477. The number of carbonyl (C=O) groups is 1. The van der Waals surface area contributed by atoms with E-state index in [1.54, 1.807) is 13.2 Å². The molecule has 0 bridgehead atoms. The predicted octanol–water partition coefficient (Wildman–Crippen LogP) is 4.40. The normalized spacial score (nSPS) is 10.2. The van der Waals surface area contributed by atoms with Crippen LogP contribution in [0.15, 0.2) is 36.4 Å². The summed E-state index contributed by atoms with van der Waals surface area (Å²) in [5.41, 5.74) is 1.24. The van der Waals surface area contributed by atoms with Crippen molar-refractivity contribution >= 4 is 17.6 Å². The Morgan fingerprint density at radius 2 is 1.86 bits per heavy atom. The fourth-order valence-corrected chi connectivity index (χ4v) is 2.07. The molecule has 0 amide bonds. The first-order valence-corrected chi connectivity index (χ1v) is 6.80. The van der Waals surface area contributed by atoms with Gasteiger partial charge in [0.2, 0.25) is 0 Å². The molecule has 0 radical (unpaired) electrons. The number of hydrogen-bond donors (Lipinski definition) is 1. The van der Waals surface area contributed by atoms with Crippen LogP contribution in [0.1, 0.15) is 22.8 Å². The van der Waals surface area contributed by atoms with Crippen molar-refractivity contribution in [3.63, 3.8) is 0 Å². The lowest BCUT2D eigenvalue weighted by Gasteiger charge is -2.12. The quantitative estimate of drug-likeness (QED) is 0.889. The number of methoxy groups -OCH3 is 1. The summed E-state index contributed by atoms with van der Waals surface area (Å²) in [6.45, 7) is 2.05. The van der Waals surface area contributed by atoms with Crippen molar-refractivity contribution in [2.24, 2.45) is 0 Å². The number of carboxylic acids is 1. The van der Waals surface area contributed by atoms with E-state index in [0.717, 1.165) is 12.0 Å². The minimum absolute atomic E-state index is 0.112. The monoisotopic (exact) mass is 306 g/mol. The summed E-state index contributed by atoms with van der Waals surface area (Å²) >= 11 is 6.05. The van der Waals surface area contributed by atoms with Crippen molar-refractivity contribution in [3.05, 3.63) is 52.5 Å². The first-order valence-electron chi connectivity index (χ1n) is 6.42. The van der Waals surface area contributed by atoms with E-state index in [1.165, 1.54) is 18.2 Å². The highest BCUT2D eigenvalue weighted by molar-refractivity contribution is 6.32. The molecule has 2 rings (SSSR count). The number of carboxylic acid groups (broad SMARTS) is 1. The zero-order chi connectivity index (χ0) is 15.4. The number of halogens is 1. The van der Waals surface area contributed by atoms with Crippen molar-refractivity contribution in [3.8, 4) is 17.2 Å². The van der Waals surface area contributed by atoms with Crippen molar-refractivity contribution in [1.82, 2.24) is 0 Å². The Balaban J connectivity index is 2.32. The third-order valence-corrected chi connectivity index (χ3v) is 3.33. The molecule has 2 aromatic carbocycles. The highest BCUT2D eigenvalue weighted by Gasteiger charge is 2.11. The maximum atomic E-state index is 10.9. The van der Waals surface area contributed by atoms with Crippen LogP contribution in [0.3, 0.4) is 0 Å². The molecule has 110 valence electrons. The minimum atomic E-state index is -1.03. The van der Waals surface area contributed by atoms with Gasteiger partial charge in [-0.05, 0) is 42.3 Å². The number of rotatable bonds is 5. The molecule has 5 heteroatoms. The molecular weight excluding hydrogens is 292 g/mol. The molecule has 21 heavy (non-hydrogen) atoms. The molecule has 0 aliphatic carbocycles. The fraction of sp³-hybridized carbons (Fsp3) is 0.188. The van der Waals surface area contributed by atoms with Gasteiger partial charge in [-0.2, -0.15) is 0 Å². The Hall–Kier alpha value is -2.20. The average molecular weight is 307 g/mol. The topological polar surface area (TPSA) is 55.8 Å². The van der Waals surface area contributed by atoms with Gasteiger partial charge < -0.3 is 14.6 Å². The second-order valence-corrected chi connectivity index (χ2v) is 4.80. The van der Waals surface area contributed by atoms with E-state index in [1.807, 2.05) is 12.1 Å². The van der Waals surface area contributed by atoms with Gasteiger partial charge in [0.05, 0.1) is 17.7 Å². The Morgan fingerprint density at radius 1 is 1.14 bits per heavy atom. The molecule has 0 aliphatic heterocycles. The van der Waals surface area contributed by atoms with Gasteiger partial charge >= 0.3 is 5.97 Å². The average Bonchev–Trinajstić information content (AvgIpc) is 2.49. The number of aryl methyl sites for hydroxylation is 1. The zero-order valence-corrected chi connectivity index (χ0v) is 12.5. The Labute approximate surface area is 127 Å². The number of aromatic carboxylic acids is 1. The molecule has 0 atom stereocenters. The van der Waals surface area contributed by atoms with Crippen LogP contribution in [-0.2, 0) is 6.42 Å². The van der Waals surface area contributed by atoms with Gasteiger partial charge in [-0.1, -0.05) is 24.6 Å². The first kappa shape index (κ1) is 15.2. The third-order valence-electron chi connectivity index (χ3n) is 3.04. The molecule has 0 saturated carbocycles. The number of benzene rings is 2.